The molecule has 7 nitrogen and oxygen atoms in total. The molecule has 1 fully saturated rings. The third kappa shape index (κ3) is 3.90. The molecule has 3 heterocycles. The number of amides is 2. The molecule has 2 aliphatic rings. The summed E-state index contributed by atoms with van der Waals surface area (Å²) in [5, 5.41) is 3.27. The summed E-state index contributed by atoms with van der Waals surface area (Å²) in [6.07, 6.45) is 7.10. The lowest BCUT2D eigenvalue weighted by Gasteiger charge is -2.44. The highest BCUT2D eigenvalue weighted by Gasteiger charge is 2.48. The van der Waals surface area contributed by atoms with Gasteiger partial charge in [0, 0.05) is 24.7 Å². The molecule has 1 N–H and O–H groups in total. The minimum Gasteiger partial charge on any atom is -0.494 e. The molecule has 0 radical (unpaired) electrons. The summed E-state index contributed by atoms with van der Waals surface area (Å²) in [6, 6.07) is 11.5. The third-order valence-corrected chi connectivity index (χ3v) is 7.05. The minimum atomic E-state index is -1.02. The summed E-state index contributed by atoms with van der Waals surface area (Å²) in [5.74, 6) is 0.533. The Morgan fingerprint density at radius 3 is 2.67 bits per heavy atom. The monoisotopic (exact) mass is 449 g/mol. The average Bonchev–Trinajstić information content (AvgIpc) is 3.41. The van der Waals surface area contributed by atoms with E-state index < -0.39 is 5.54 Å². The van der Waals surface area contributed by atoms with Gasteiger partial charge in [-0.1, -0.05) is 31.4 Å². The highest BCUT2D eigenvalue weighted by atomic mass is 16.5. The fourth-order valence-electron chi connectivity index (χ4n) is 5.15. The molecule has 7 heteroatoms. The maximum atomic E-state index is 13.7. The molecule has 2 amide bonds. The first kappa shape index (κ1) is 21.6. The number of nitrogens with zero attached hydrogens (tertiary/aromatic N) is 2. The van der Waals surface area contributed by atoms with Crippen molar-refractivity contribution in [1.29, 1.82) is 0 Å². The fourth-order valence-corrected chi connectivity index (χ4v) is 5.15. The number of fused-ring (bicyclic) bond motifs is 3. The van der Waals surface area contributed by atoms with Crippen molar-refractivity contribution in [2.45, 2.75) is 70.6 Å². The molecule has 0 saturated heterocycles. The molecular formula is C26H31N3O4. The van der Waals surface area contributed by atoms with Gasteiger partial charge in [-0.05, 0) is 44.4 Å². The second-order valence-electron chi connectivity index (χ2n) is 9.34. The smallest absolute Gasteiger partial charge is 0.271 e. The molecule has 1 aliphatic heterocycles. The van der Waals surface area contributed by atoms with Gasteiger partial charge in [0.25, 0.3) is 5.91 Å². The Hall–Kier alpha value is -3.22. The van der Waals surface area contributed by atoms with Crippen molar-refractivity contribution < 1.29 is 18.7 Å². The van der Waals surface area contributed by atoms with Crippen LogP contribution >= 0.6 is 0 Å². The standard InChI is InChI=1S/C26H31N3O4/c1-3-32-20-11-9-18(10-12-20)16-29-24(30)22-15-23-21(13-14-33-23)28(22)17-26(29,2)25(31)27-19-7-5-4-6-8-19/h9-15,19H,3-8,16-17H2,1-2H3,(H,27,31)/t26-/m0/s1. The lowest BCUT2D eigenvalue weighted by atomic mass is 9.91. The van der Waals surface area contributed by atoms with Gasteiger partial charge in [0.1, 0.15) is 17.0 Å². The zero-order valence-electron chi connectivity index (χ0n) is 19.3. The Kier molecular flexibility index (Phi) is 5.64. The zero-order valence-corrected chi connectivity index (χ0v) is 19.3. The number of carbonyl (C=O) groups excluding carboxylic acids is 2. The van der Waals surface area contributed by atoms with Gasteiger partial charge in [-0.3, -0.25) is 9.59 Å². The highest BCUT2D eigenvalue weighted by molar-refractivity contribution is 6.02. The van der Waals surface area contributed by atoms with Crippen molar-refractivity contribution in [3.05, 3.63) is 53.9 Å². The molecule has 33 heavy (non-hydrogen) atoms. The minimum absolute atomic E-state index is 0.0929. The number of hydrogen-bond donors (Lipinski definition) is 1. The van der Waals surface area contributed by atoms with Crippen LogP contribution in [0, 0.1) is 0 Å². The number of hydrogen-bond acceptors (Lipinski definition) is 4. The van der Waals surface area contributed by atoms with E-state index in [1.165, 1.54) is 6.42 Å². The summed E-state index contributed by atoms with van der Waals surface area (Å²) >= 11 is 0. The molecule has 0 unspecified atom stereocenters. The van der Waals surface area contributed by atoms with Gasteiger partial charge < -0.3 is 23.9 Å². The van der Waals surface area contributed by atoms with Gasteiger partial charge in [0.15, 0.2) is 5.58 Å². The fraction of sp³-hybridized carbons (Fsp3) is 0.462. The first-order valence-electron chi connectivity index (χ1n) is 11.9. The van der Waals surface area contributed by atoms with Crippen LogP contribution in [0.3, 0.4) is 0 Å². The van der Waals surface area contributed by atoms with Crippen LogP contribution in [-0.2, 0) is 17.9 Å². The quantitative estimate of drug-likeness (QED) is 0.601. The molecule has 0 spiro atoms. The van der Waals surface area contributed by atoms with E-state index in [2.05, 4.69) is 5.32 Å². The average molecular weight is 450 g/mol. The Balaban J connectivity index is 1.49. The first-order chi connectivity index (χ1) is 16.0. The van der Waals surface area contributed by atoms with Crippen LogP contribution in [0.1, 0.15) is 62.0 Å². The van der Waals surface area contributed by atoms with Crippen LogP contribution < -0.4 is 10.1 Å². The number of rotatable bonds is 6. The van der Waals surface area contributed by atoms with Crippen molar-refractivity contribution in [2.24, 2.45) is 0 Å². The van der Waals surface area contributed by atoms with E-state index in [1.807, 2.05) is 48.7 Å². The Morgan fingerprint density at radius 1 is 1.18 bits per heavy atom. The van der Waals surface area contributed by atoms with E-state index in [-0.39, 0.29) is 17.9 Å². The summed E-state index contributed by atoms with van der Waals surface area (Å²) in [7, 11) is 0. The molecule has 0 bridgehead atoms. The second kappa shape index (κ2) is 8.61. The SMILES string of the molecule is CCOc1ccc(CN2C(=O)c3cc4occc4n3C[C@@]2(C)C(=O)NC2CCCCC2)cc1. The van der Waals surface area contributed by atoms with Crippen LogP contribution in [0.5, 0.6) is 5.75 Å². The summed E-state index contributed by atoms with van der Waals surface area (Å²) in [6.45, 7) is 5.15. The van der Waals surface area contributed by atoms with Crippen molar-refractivity contribution >= 4 is 22.9 Å². The molecule has 5 rings (SSSR count). The highest BCUT2D eigenvalue weighted by Crippen LogP contribution is 2.34. The van der Waals surface area contributed by atoms with Crippen molar-refractivity contribution in [1.82, 2.24) is 14.8 Å². The van der Waals surface area contributed by atoms with E-state index in [0.717, 1.165) is 42.5 Å². The molecule has 1 aliphatic carbocycles. The lowest BCUT2D eigenvalue weighted by molar-refractivity contribution is -0.134. The van der Waals surface area contributed by atoms with E-state index in [4.69, 9.17) is 9.15 Å². The molecule has 3 aromatic rings. The molecule has 1 aromatic carbocycles. The molecule has 1 saturated carbocycles. The third-order valence-electron chi connectivity index (χ3n) is 7.05. The summed E-state index contributed by atoms with van der Waals surface area (Å²) in [4.78, 5) is 29.2. The normalized spacial score (nSPS) is 21.3. The van der Waals surface area contributed by atoms with E-state index >= 15 is 0 Å². The molecule has 174 valence electrons. The first-order valence-corrected chi connectivity index (χ1v) is 11.9. The molecule has 2 aromatic heterocycles. The summed E-state index contributed by atoms with van der Waals surface area (Å²) in [5.41, 5.74) is 1.99. The van der Waals surface area contributed by atoms with Gasteiger partial charge >= 0.3 is 0 Å². The van der Waals surface area contributed by atoms with Crippen LogP contribution in [0.15, 0.2) is 47.1 Å². The Morgan fingerprint density at radius 2 is 1.94 bits per heavy atom. The Bertz CT molecular complexity index is 1160. The molecular weight excluding hydrogens is 418 g/mol. The topological polar surface area (TPSA) is 76.7 Å². The summed E-state index contributed by atoms with van der Waals surface area (Å²) < 4.78 is 13.0. The lowest BCUT2D eigenvalue weighted by Crippen LogP contribution is -2.64. The van der Waals surface area contributed by atoms with Crippen LogP contribution in [-0.4, -0.2) is 39.5 Å². The van der Waals surface area contributed by atoms with Crippen molar-refractivity contribution in [2.75, 3.05) is 6.61 Å². The van der Waals surface area contributed by atoms with Crippen molar-refractivity contribution in [3.8, 4) is 5.75 Å². The maximum Gasteiger partial charge on any atom is 0.271 e. The van der Waals surface area contributed by atoms with Crippen LogP contribution in [0.4, 0.5) is 0 Å². The second-order valence-corrected chi connectivity index (χ2v) is 9.34. The number of carbonyl (C=O) groups is 2. The van der Waals surface area contributed by atoms with E-state index in [1.54, 1.807) is 17.2 Å². The van der Waals surface area contributed by atoms with Gasteiger partial charge in [-0.2, -0.15) is 0 Å². The Labute approximate surface area is 193 Å². The zero-order chi connectivity index (χ0) is 23.0. The molecule has 1 atom stereocenters. The largest absolute Gasteiger partial charge is 0.494 e. The predicted molar refractivity (Wildman–Crippen MR) is 125 cm³/mol. The van der Waals surface area contributed by atoms with E-state index in [9.17, 15) is 9.59 Å². The van der Waals surface area contributed by atoms with Crippen LogP contribution in [0.2, 0.25) is 0 Å². The number of furan rings is 1. The van der Waals surface area contributed by atoms with Gasteiger partial charge in [-0.15, -0.1) is 0 Å². The number of aromatic nitrogens is 1. The van der Waals surface area contributed by atoms with Crippen LogP contribution in [0.25, 0.3) is 11.1 Å². The number of benzene rings is 1. The number of ether oxygens (including phenoxy) is 1. The van der Waals surface area contributed by atoms with Gasteiger partial charge in [0.05, 0.1) is 24.9 Å². The van der Waals surface area contributed by atoms with Crippen molar-refractivity contribution in [3.63, 3.8) is 0 Å². The van der Waals surface area contributed by atoms with Gasteiger partial charge in [-0.25, -0.2) is 0 Å². The predicted octanol–water partition coefficient (Wildman–Crippen LogP) is 4.50. The maximum absolute atomic E-state index is 13.7. The number of nitrogens with one attached hydrogen (secondary N) is 1. The van der Waals surface area contributed by atoms with Gasteiger partial charge in [0.2, 0.25) is 5.91 Å². The van der Waals surface area contributed by atoms with E-state index in [0.29, 0.717) is 31.0 Å².